The Hall–Kier alpha value is -4.00. The first-order valence-corrected chi connectivity index (χ1v) is 9.89. The summed E-state index contributed by atoms with van der Waals surface area (Å²) in [5.41, 5.74) is 4.51. The first-order chi connectivity index (χ1) is 15.0. The van der Waals surface area contributed by atoms with Gasteiger partial charge in [-0.25, -0.2) is 9.37 Å². The molecular formula is C24H21FN4O2. The number of amides is 2. The molecule has 156 valence electrons. The summed E-state index contributed by atoms with van der Waals surface area (Å²) in [5, 5.41) is 5.56. The van der Waals surface area contributed by atoms with Gasteiger partial charge in [-0.1, -0.05) is 6.07 Å². The fourth-order valence-electron chi connectivity index (χ4n) is 3.42. The van der Waals surface area contributed by atoms with Crippen molar-refractivity contribution in [1.29, 1.82) is 0 Å². The number of carbonyl (C=O) groups excluding carboxylic acids is 2. The van der Waals surface area contributed by atoms with Gasteiger partial charge in [0.25, 0.3) is 0 Å². The highest BCUT2D eigenvalue weighted by Crippen LogP contribution is 2.26. The fraction of sp³-hybridized carbons (Fsp3) is 0.125. The van der Waals surface area contributed by atoms with Gasteiger partial charge in [0, 0.05) is 36.5 Å². The molecule has 0 unspecified atom stereocenters. The third-order valence-electron chi connectivity index (χ3n) is 4.82. The second-order valence-corrected chi connectivity index (χ2v) is 7.15. The maximum absolute atomic E-state index is 13.4. The molecule has 7 heteroatoms. The molecule has 2 aromatic heterocycles. The molecule has 2 N–H and O–H groups in total. The van der Waals surface area contributed by atoms with Gasteiger partial charge < -0.3 is 15.0 Å². The minimum Gasteiger partial charge on any atom is -0.326 e. The lowest BCUT2D eigenvalue weighted by molar-refractivity contribution is -0.116. The van der Waals surface area contributed by atoms with Crippen molar-refractivity contribution in [3.8, 4) is 11.3 Å². The summed E-state index contributed by atoms with van der Waals surface area (Å²) in [7, 11) is 0. The Morgan fingerprint density at radius 2 is 1.61 bits per heavy atom. The van der Waals surface area contributed by atoms with E-state index in [1.807, 2.05) is 28.8 Å². The van der Waals surface area contributed by atoms with Crippen molar-refractivity contribution in [1.82, 2.24) is 9.38 Å². The predicted octanol–water partition coefficient (Wildman–Crippen LogP) is 4.67. The molecule has 4 rings (SSSR count). The van der Waals surface area contributed by atoms with Crippen LogP contribution in [0.3, 0.4) is 0 Å². The van der Waals surface area contributed by atoms with Crippen LogP contribution < -0.4 is 10.6 Å². The highest BCUT2D eigenvalue weighted by molar-refractivity contribution is 5.92. The van der Waals surface area contributed by atoms with Crippen molar-refractivity contribution in [2.75, 3.05) is 10.6 Å². The van der Waals surface area contributed by atoms with Gasteiger partial charge in [0.05, 0.1) is 11.4 Å². The lowest BCUT2D eigenvalue weighted by Crippen LogP contribution is -2.13. The van der Waals surface area contributed by atoms with E-state index < -0.39 is 0 Å². The lowest BCUT2D eigenvalue weighted by atomic mass is 10.1. The second-order valence-electron chi connectivity index (χ2n) is 7.15. The van der Waals surface area contributed by atoms with Crippen LogP contribution in [0.5, 0.6) is 0 Å². The van der Waals surface area contributed by atoms with E-state index in [0.717, 1.165) is 22.6 Å². The normalized spacial score (nSPS) is 10.8. The Bertz CT molecular complexity index is 1230. The Labute approximate surface area is 178 Å². The Balaban J connectivity index is 1.50. The molecular weight excluding hydrogens is 395 g/mol. The maximum Gasteiger partial charge on any atom is 0.224 e. The highest BCUT2D eigenvalue weighted by Gasteiger charge is 2.15. The molecule has 0 radical (unpaired) electrons. The molecule has 0 atom stereocenters. The third-order valence-corrected chi connectivity index (χ3v) is 4.82. The molecule has 6 nitrogen and oxygen atoms in total. The van der Waals surface area contributed by atoms with Crippen molar-refractivity contribution in [2.24, 2.45) is 0 Å². The van der Waals surface area contributed by atoms with Crippen molar-refractivity contribution >= 4 is 28.8 Å². The third kappa shape index (κ3) is 4.78. The zero-order chi connectivity index (χ0) is 21.8. The van der Waals surface area contributed by atoms with Crippen LogP contribution in [0, 0.1) is 5.82 Å². The van der Waals surface area contributed by atoms with Gasteiger partial charge in [-0.2, -0.15) is 0 Å². The van der Waals surface area contributed by atoms with Crippen LogP contribution >= 0.6 is 0 Å². The van der Waals surface area contributed by atoms with Gasteiger partial charge in [-0.3, -0.25) is 9.59 Å². The molecule has 0 bridgehead atoms. The largest absolute Gasteiger partial charge is 0.326 e. The monoisotopic (exact) mass is 416 g/mol. The van der Waals surface area contributed by atoms with Gasteiger partial charge in [-0.05, 0) is 67.1 Å². The van der Waals surface area contributed by atoms with Crippen LogP contribution in [0.25, 0.3) is 16.9 Å². The van der Waals surface area contributed by atoms with E-state index in [1.54, 1.807) is 36.4 Å². The van der Waals surface area contributed by atoms with Crippen LogP contribution in [0.1, 0.15) is 19.0 Å². The number of carbonyl (C=O) groups is 2. The molecule has 2 heterocycles. The number of anilines is 2. The van der Waals surface area contributed by atoms with Gasteiger partial charge in [0.1, 0.15) is 11.5 Å². The quantitative estimate of drug-likeness (QED) is 0.480. The summed E-state index contributed by atoms with van der Waals surface area (Å²) in [5.74, 6) is -0.594. The molecule has 0 aliphatic rings. The minimum atomic E-state index is -0.307. The number of fused-ring (bicyclic) bond motifs is 1. The Morgan fingerprint density at radius 3 is 2.29 bits per heavy atom. The SMILES string of the molecule is CC(=O)Nc1ccc(NC(=O)CCc2c(-c3ccc(F)cc3)nc3ccccn23)cc1. The number of imidazole rings is 1. The molecule has 31 heavy (non-hydrogen) atoms. The number of hydrogen-bond donors (Lipinski definition) is 2. The van der Waals surface area contributed by atoms with Crippen LogP contribution in [-0.4, -0.2) is 21.2 Å². The van der Waals surface area contributed by atoms with E-state index in [0.29, 0.717) is 17.8 Å². The van der Waals surface area contributed by atoms with Crippen LogP contribution in [-0.2, 0) is 16.0 Å². The number of halogens is 1. The molecule has 4 aromatic rings. The summed E-state index contributed by atoms with van der Waals surface area (Å²) < 4.78 is 15.3. The molecule has 0 saturated carbocycles. The van der Waals surface area contributed by atoms with Crippen molar-refractivity contribution < 1.29 is 14.0 Å². The summed E-state index contributed by atoms with van der Waals surface area (Å²) in [6.07, 6.45) is 2.63. The topological polar surface area (TPSA) is 75.5 Å². The molecule has 0 aliphatic carbocycles. The van der Waals surface area contributed by atoms with E-state index >= 15 is 0 Å². The number of benzene rings is 2. The number of nitrogens with one attached hydrogen (secondary N) is 2. The summed E-state index contributed by atoms with van der Waals surface area (Å²) in [6.45, 7) is 1.44. The Morgan fingerprint density at radius 1 is 0.935 bits per heavy atom. The fourth-order valence-corrected chi connectivity index (χ4v) is 3.42. The van der Waals surface area contributed by atoms with Crippen LogP contribution in [0.2, 0.25) is 0 Å². The van der Waals surface area contributed by atoms with Crippen molar-refractivity contribution in [2.45, 2.75) is 19.8 Å². The summed E-state index contributed by atoms with van der Waals surface area (Å²) in [4.78, 5) is 28.3. The number of pyridine rings is 1. The maximum atomic E-state index is 13.4. The summed E-state index contributed by atoms with van der Waals surface area (Å²) >= 11 is 0. The van der Waals surface area contributed by atoms with E-state index in [9.17, 15) is 14.0 Å². The zero-order valence-corrected chi connectivity index (χ0v) is 16.9. The van der Waals surface area contributed by atoms with Gasteiger partial charge >= 0.3 is 0 Å². The first kappa shape index (κ1) is 20.3. The molecule has 2 amide bonds. The highest BCUT2D eigenvalue weighted by atomic mass is 19.1. The van der Waals surface area contributed by atoms with Crippen molar-refractivity contribution in [3.63, 3.8) is 0 Å². The van der Waals surface area contributed by atoms with E-state index in [2.05, 4.69) is 15.6 Å². The van der Waals surface area contributed by atoms with Gasteiger partial charge in [0.15, 0.2) is 0 Å². The number of aromatic nitrogens is 2. The molecule has 0 fully saturated rings. The van der Waals surface area contributed by atoms with Gasteiger partial charge in [0.2, 0.25) is 11.8 Å². The lowest BCUT2D eigenvalue weighted by Gasteiger charge is -2.08. The smallest absolute Gasteiger partial charge is 0.224 e. The number of nitrogens with zero attached hydrogens (tertiary/aromatic N) is 2. The number of rotatable bonds is 6. The minimum absolute atomic E-state index is 0.136. The van der Waals surface area contributed by atoms with E-state index in [1.165, 1.54) is 19.1 Å². The van der Waals surface area contributed by atoms with Crippen LogP contribution in [0.15, 0.2) is 72.9 Å². The predicted molar refractivity (Wildman–Crippen MR) is 118 cm³/mol. The van der Waals surface area contributed by atoms with Gasteiger partial charge in [-0.15, -0.1) is 0 Å². The molecule has 0 saturated heterocycles. The molecule has 0 spiro atoms. The first-order valence-electron chi connectivity index (χ1n) is 9.89. The second kappa shape index (κ2) is 8.79. The molecule has 0 aliphatic heterocycles. The zero-order valence-electron chi connectivity index (χ0n) is 16.9. The number of hydrogen-bond acceptors (Lipinski definition) is 3. The number of aryl methyl sites for hydroxylation is 1. The summed E-state index contributed by atoms with van der Waals surface area (Å²) in [6, 6.07) is 18.8. The average molecular weight is 416 g/mol. The van der Waals surface area contributed by atoms with E-state index in [-0.39, 0.29) is 24.1 Å². The van der Waals surface area contributed by atoms with Crippen molar-refractivity contribution in [3.05, 3.63) is 84.4 Å². The van der Waals surface area contributed by atoms with E-state index in [4.69, 9.17) is 0 Å². The van der Waals surface area contributed by atoms with Crippen LogP contribution in [0.4, 0.5) is 15.8 Å². The molecule has 2 aromatic carbocycles. The average Bonchev–Trinajstić information content (AvgIpc) is 3.12. The standard InChI is InChI=1S/C24H21FN4O2/c1-16(30)26-19-9-11-20(12-10-19)27-23(31)14-13-21-24(17-5-7-18(25)8-6-17)28-22-4-2-3-15-29(21)22/h2-12,15H,13-14H2,1H3,(H,26,30)(H,27,31). The Kier molecular flexibility index (Phi) is 5.75.